The largest absolute Gasteiger partial charge is 0.507 e. The first kappa shape index (κ1) is 13.2. The zero-order valence-electron chi connectivity index (χ0n) is 10.3. The van der Waals surface area contributed by atoms with Gasteiger partial charge in [-0.2, -0.15) is 0 Å². The Labute approximate surface area is 109 Å². The number of rotatable bonds is 4. The third-order valence-corrected chi connectivity index (χ3v) is 3.68. The number of ether oxygens (including phenoxy) is 1. The minimum Gasteiger partial charge on any atom is -0.507 e. The van der Waals surface area contributed by atoms with E-state index in [9.17, 15) is 19.8 Å². The molecule has 102 valence electrons. The van der Waals surface area contributed by atoms with Crippen LogP contribution in [0.15, 0.2) is 12.1 Å². The Balaban J connectivity index is 2.61. The van der Waals surface area contributed by atoms with Gasteiger partial charge in [-0.25, -0.2) is 4.79 Å². The van der Waals surface area contributed by atoms with Gasteiger partial charge in [0.05, 0.1) is 12.5 Å². The van der Waals surface area contributed by atoms with Gasteiger partial charge in [0, 0.05) is 11.6 Å². The van der Waals surface area contributed by atoms with Crippen LogP contribution in [0.4, 0.5) is 0 Å². The topological polar surface area (TPSA) is 104 Å². The van der Waals surface area contributed by atoms with Crippen molar-refractivity contribution in [3.05, 3.63) is 23.3 Å². The first-order valence-electron chi connectivity index (χ1n) is 5.80. The van der Waals surface area contributed by atoms with Crippen molar-refractivity contribution in [1.82, 2.24) is 0 Å². The number of hydrogen-bond donors (Lipinski definition) is 3. The predicted octanol–water partition coefficient (Wildman–Crippen LogP) is 1.61. The summed E-state index contributed by atoms with van der Waals surface area (Å²) >= 11 is 0. The number of carboxylic acids is 2. The third kappa shape index (κ3) is 1.89. The quantitative estimate of drug-likeness (QED) is 0.764. The molecule has 0 spiro atoms. The van der Waals surface area contributed by atoms with Gasteiger partial charge in [0.25, 0.3) is 0 Å². The van der Waals surface area contributed by atoms with Crippen molar-refractivity contribution < 1.29 is 29.6 Å². The number of carbonyl (C=O) groups is 2. The summed E-state index contributed by atoms with van der Waals surface area (Å²) in [5.41, 5.74) is -1.19. The van der Waals surface area contributed by atoms with Crippen LogP contribution in [-0.2, 0) is 10.2 Å². The molecule has 1 saturated carbocycles. The number of phenolic OH excluding ortho intramolecular Hbond substituents is 1. The van der Waals surface area contributed by atoms with Gasteiger partial charge in [0.2, 0.25) is 0 Å². The summed E-state index contributed by atoms with van der Waals surface area (Å²) in [6, 6.07) is 2.35. The fraction of sp³-hybridized carbons (Fsp3) is 0.385. The zero-order valence-corrected chi connectivity index (χ0v) is 10.3. The lowest BCUT2D eigenvalue weighted by Crippen LogP contribution is -2.42. The Morgan fingerprint density at radius 3 is 2.26 bits per heavy atom. The van der Waals surface area contributed by atoms with Crippen LogP contribution in [0.25, 0.3) is 0 Å². The Morgan fingerprint density at radius 2 is 1.89 bits per heavy atom. The van der Waals surface area contributed by atoms with E-state index in [1.165, 1.54) is 13.2 Å². The average molecular weight is 266 g/mol. The summed E-state index contributed by atoms with van der Waals surface area (Å²) in [6.45, 7) is 0. The number of aliphatic carboxylic acids is 1. The molecule has 6 heteroatoms. The van der Waals surface area contributed by atoms with Crippen molar-refractivity contribution in [3.63, 3.8) is 0 Å². The molecule has 2 rings (SSSR count). The van der Waals surface area contributed by atoms with E-state index in [1.807, 2.05) is 0 Å². The van der Waals surface area contributed by atoms with Gasteiger partial charge in [-0.3, -0.25) is 4.79 Å². The van der Waals surface area contributed by atoms with Gasteiger partial charge in [0.1, 0.15) is 17.1 Å². The van der Waals surface area contributed by atoms with Crippen molar-refractivity contribution >= 4 is 11.9 Å². The molecule has 3 N–H and O–H groups in total. The van der Waals surface area contributed by atoms with E-state index in [2.05, 4.69) is 0 Å². The second kappa shape index (κ2) is 4.46. The first-order chi connectivity index (χ1) is 8.92. The monoisotopic (exact) mass is 266 g/mol. The van der Waals surface area contributed by atoms with E-state index >= 15 is 0 Å². The molecule has 1 fully saturated rings. The highest BCUT2D eigenvalue weighted by atomic mass is 16.5. The summed E-state index contributed by atoms with van der Waals surface area (Å²) in [4.78, 5) is 22.5. The van der Waals surface area contributed by atoms with Gasteiger partial charge in [-0.15, -0.1) is 0 Å². The van der Waals surface area contributed by atoms with E-state index in [0.717, 1.165) is 12.5 Å². The number of methoxy groups -OCH3 is 1. The number of benzene rings is 1. The Morgan fingerprint density at radius 1 is 1.26 bits per heavy atom. The van der Waals surface area contributed by atoms with Gasteiger partial charge < -0.3 is 20.1 Å². The highest BCUT2D eigenvalue weighted by Gasteiger charge is 2.48. The molecule has 0 amide bonds. The zero-order chi connectivity index (χ0) is 14.2. The van der Waals surface area contributed by atoms with Crippen LogP contribution in [0, 0.1) is 0 Å². The SMILES string of the molecule is COc1cc(O)c(C2(C(=O)O)CCC2)cc1C(=O)O. The molecule has 6 nitrogen and oxygen atoms in total. The minimum atomic E-state index is -1.22. The van der Waals surface area contributed by atoms with Crippen molar-refractivity contribution in [1.29, 1.82) is 0 Å². The molecule has 0 unspecified atom stereocenters. The fourth-order valence-electron chi connectivity index (χ4n) is 2.42. The molecule has 0 aliphatic heterocycles. The Kier molecular flexibility index (Phi) is 3.09. The molecular weight excluding hydrogens is 252 g/mol. The summed E-state index contributed by atoms with van der Waals surface area (Å²) in [5, 5.41) is 28.4. The van der Waals surface area contributed by atoms with E-state index < -0.39 is 17.4 Å². The van der Waals surface area contributed by atoms with Crippen LogP contribution < -0.4 is 4.74 Å². The van der Waals surface area contributed by atoms with Crippen LogP contribution in [0.2, 0.25) is 0 Å². The molecule has 1 aromatic rings. The number of carboxylic acid groups (broad SMARTS) is 2. The van der Waals surface area contributed by atoms with Gasteiger partial charge in [0.15, 0.2) is 0 Å². The van der Waals surface area contributed by atoms with Crippen molar-refractivity contribution in [2.45, 2.75) is 24.7 Å². The predicted molar refractivity (Wildman–Crippen MR) is 64.8 cm³/mol. The second-order valence-corrected chi connectivity index (χ2v) is 4.62. The van der Waals surface area contributed by atoms with Gasteiger partial charge in [-0.05, 0) is 18.9 Å². The van der Waals surface area contributed by atoms with Crippen LogP contribution in [0.3, 0.4) is 0 Å². The molecule has 1 aromatic carbocycles. The average Bonchev–Trinajstić information content (AvgIpc) is 2.28. The van der Waals surface area contributed by atoms with Crippen LogP contribution in [-0.4, -0.2) is 34.4 Å². The van der Waals surface area contributed by atoms with E-state index in [0.29, 0.717) is 12.8 Å². The normalized spacial score (nSPS) is 16.5. The number of aromatic carboxylic acids is 1. The van der Waals surface area contributed by atoms with Gasteiger partial charge >= 0.3 is 11.9 Å². The lowest BCUT2D eigenvalue weighted by atomic mass is 9.64. The minimum absolute atomic E-state index is 0.00797. The van der Waals surface area contributed by atoms with Crippen molar-refractivity contribution in [3.8, 4) is 11.5 Å². The molecule has 0 bridgehead atoms. The van der Waals surface area contributed by atoms with Crippen LogP contribution in [0.5, 0.6) is 11.5 Å². The number of hydrogen-bond acceptors (Lipinski definition) is 4. The molecule has 1 aliphatic carbocycles. The second-order valence-electron chi connectivity index (χ2n) is 4.62. The molecular formula is C13H14O6. The van der Waals surface area contributed by atoms with Crippen molar-refractivity contribution in [2.75, 3.05) is 7.11 Å². The number of aromatic hydroxyl groups is 1. The Hall–Kier alpha value is -2.24. The van der Waals surface area contributed by atoms with Crippen molar-refractivity contribution in [2.24, 2.45) is 0 Å². The van der Waals surface area contributed by atoms with Gasteiger partial charge in [-0.1, -0.05) is 6.42 Å². The highest BCUT2D eigenvalue weighted by molar-refractivity contribution is 5.93. The summed E-state index contributed by atoms with van der Waals surface area (Å²) in [5.74, 6) is -2.51. The maximum atomic E-state index is 11.4. The van der Waals surface area contributed by atoms with Crippen LogP contribution in [0.1, 0.15) is 35.2 Å². The van der Waals surface area contributed by atoms with E-state index in [4.69, 9.17) is 9.84 Å². The standard InChI is InChI=1S/C13H14O6/c1-19-10-6-9(14)8(5-7(10)11(15)16)13(12(17)18)3-2-4-13/h5-6,14H,2-4H2,1H3,(H,15,16)(H,17,18). The van der Waals surface area contributed by atoms with E-state index in [-0.39, 0.29) is 22.6 Å². The molecule has 0 heterocycles. The molecule has 19 heavy (non-hydrogen) atoms. The maximum absolute atomic E-state index is 11.4. The maximum Gasteiger partial charge on any atom is 0.339 e. The summed E-state index contributed by atoms with van der Waals surface area (Å²) < 4.78 is 4.88. The fourth-order valence-corrected chi connectivity index (χ4v) is 2.42. The Bertz CT molecular complexity index is 544. The molecule has 0 radical (unpaired) electrons. The first-order valence-corrected chi connectivity index (χ1v) is 5.80. The smallest absolute Gasteiger partial charge is 0.339 e. The number of phenols is 1. The molecule has 1 aliphatic rings. The lowest BCUT2D eigenvalue weighted by molar-refractivity contribution is -0.147. The lowest BCUT2D eigenvalue weighted by Gasteiger charge is -2.38. The van der Waals surface area contributed by atoms with E-state index in [1.54, 1.807) is 0 Å². The molecule has 0 atom stereocenters. The summed E-state index contributed by atoms with van der Waals surface area (Å²) in [6.07, 6.45) is 1.52. The highest BCUT2D eigenvalue weighted by Crippen LogP contribution is 2.48. The third-order valence-electron chi connectivity index (χ3n) is 3.68. The summed E-state index contributed by atoms with van der Waals surface area (Å²) in [7, 11) is 1.29. The molecule has 0 saturated heterocycles. The molecule has 0 aromatic heterocycles. The van der Waals surface area contributed by atoms with Crippen LogP contribution >= 0.6 is 0 Å².